The molecule has 0 radical (unpaired) electrons. The molecule has 1 aliphatic rings. The molecule has 0 aliphatic heterocycles. The minimum absolute atomic E-state index is 0.0625. The van der Waals surface area contributed by atoms with Gasteiger partial charge < -0.3 is 14.8 Å². The predicted octanol–water partition coefficient (Wildman–Crippen LogP) is 0.934. The van der Waals surface area contributed by atoms with Crippen LogP contribution in [0, 0.1) is 0 Å². The van der Waals surface area contributed by atoms with Crippen molar-refractivity contribution in [2.75, 3.05) is 13.2 Å². The van der Waals surface area contributed by atoms with Crippen LogP contribution in [0.25, 0.3) is 5.52 Å². The van der Waals surface area contributed by atoms with E-state index in [0.717, 1.165) is 24.2 Å². The van der Waals surface area contributed by atoms with Crippen molar-refractivity contribution < 1.29 is 9.90 Å². The Morgan fingerprint density at radius 1 is 1.50 bits per heavy atom. The summed E-state index contributed by atoms with van der Waals surface area (Å²) in [5.41, 5.74) is 1.28. The molecule has 5 heteroatoms. The first-order valence-corrected chi connectivity index (χ1v) is 6.17. The lowest BCUT2D eigenvalue weighted by atomic mass is 10.3. The van der Waals surface area contributed by atoms with Gasteiger partial charge >= 0.3 is 0 Å². The molecule has 1 fully saturated rings. The lowest BCUT2D eigenvalue weighted by Gasteiger charge is -2.00. The van der Waals surface area contributed by atoms with Gasteiger partial charge in [-0.3, -0.25) is 4.79 Å². The molecular weight excluding hydrogens is 230 g/mol. The maximum absolute atomic E-state index is 12.0. The van der Waals surface area contributed by atoms with Gasteiger partial charge in [0.1, 0.15) is 5.82 Å². The van der Waals surface area contributed by atoms with Gasteiger partial charge in [0, 0.05) is 18.7 Å². The highest BCUT2D eigenvalue weighted by atomic mass is 16.3. The first-order chi connectivity index (χ1) is 8.81. The number of hydrogen-bond donors (Lipinski definition) is 2. The molecule has 2 aromatic rings. The van der Waals surface area contributed by atoms with Gasteiger partial charge in [-0.25, -0.2) is 4.98 Å². The van der Waals surface area contributed by atoms with Crippen LogP contribution in [0.5, 0.6) is 0 Å². The van der Waals surface area contributed by atoms with E-state index in [-0.39, 0.29) is 19.1 Å². The quantitative estimate of drug-likeness (QED) is 0.842. The Kier molecular flexibility index (Phi) is 2.76. The van der Waals surface area contributed by atoms with E-state index in [4.69, 9.17) is 5.11 Å². The Morgan fingerprint density at radius 2 is 2.33 bits per heavy atom. The Labute approximate surface area is 104 Å². The number of aliphatic hydroxyl groups excluding tert-OH is 1. The number of carbonyl (C=O) groups is 1. The average molecular weight is 245 g/mol. The molecule has 18 heavy (non-hydrogen) atoms. The fraction of sp³-hybridized carbons (Fsp3) is 0.385. The number of aliphatic hydroxyl groups is 1. The number of carbonyl (C=O) groups excluding carboxylic acids is 1. The number of aromatic nitrogens is 2. The van der Waals surface area contributed by atoms with Crippen LogP contribution in [-0.4, -0.2) is 33.6 Å². The monoisotopic (exact) mass is 245 g/mol. The lowest BCUT2D eigenvalue weighted by molar-refractivity contribution is 0.0942. The predicted molar refractivity (Wildman–Crippen MR) is 66.6 cm³/mol. The zero-order valence-electron chi connectivity index (χ0n) is 9.97. The third kappa shape index (κ3) is 1.86. The molecule has 5 nitrogen and oxygen atoms in total. The van der Waals surface area contributed by atoms with E-state index < -0.39 is 0 Å². The van der Waals surface area contributed by atoms with E-state index in [1.165, 1.54) is 0 Å². The van der Waals surface area contributed by atoms with E-state index in [1.807, 2.05) is 28.8 Å². The molecule has 0 saturated heterocycles. The van der Waals surface area contributed by atoms with Crippen LogP contribution in [0.15, 0.2) is 24.4 Å². The van der Waals surface area contributed by atoms with Crippen molar-refractivity contribution >= 4 is 11.4 Å². The van der Waals surface area contributed by atoms with Crippen molar-refractivity contribution in [3.8, 4) is 0 Å². The number of nitrogens with one attached hydrogen (secondary N) is 1. The first kappa shape index (κ1) is 11.2. The topological polar surface area (TPSA) is 66.6 Å². The molecule has 0 atom stereocenters. The molecule has 2 aromatic heterocycles. The number of fused-ring (bicyclic) bond motifs is 1. The smallest absolute Gasteiger partial charge is 0.272 e. The van der Waals surface area contributed by atoms with Crippen LogP contribution in [0.2, 0.25) is 0 Å². The van der Waals surface area contributed by atoms with Gasteiger partial charge in [0.15, 0.2) is 5.69 Å². The summed E-state index contributed by atoms with van der Waals surface area (Å²) in [6.07, 6.45) is 4.23. The van der Waals surface area contributed by atoms with E-state index in [2.05, 4.69) is 10.3 Å². The molecule has 2 N–H and O–H groups in total. The van der Waals surface area contributed by atoms with Crippen molar-refractivity contribution in [1.29, 1.82) is 0 Å². The molecule has 0 spiro atoms. The van der Waals surface area contributed by atoms with E-state index in [0.29, 0.717) is 11.6 Å². The Hall–Kier alpha value is -1.88. The molecule has 1 saturated carbocycles. The highest BCUT2D eigenvalue weighted by Crippen LogP contribution is 2.39. The number of pyridine rings is 1. The van der Waals surface area contributed by atoms with Gasteiger partial charge in [-0.2, -0.15) is 0 Å². The number of hydrogen-bond acceptors (Lipinski definition) is 3. The van der Waals surface area contributed by atoms with Crippen LogP contribution < -0.4 is 5.32 Å². The van der Waals surface area contributed by atoms with Crippen molar-refractivity contribution in [3.63, 3.8) is 0 Å². The maximum atomic E-state index is 12.0. The third-order valence-corrected chi connectivity index (χ3v) is 3.13. The molecule has 1 aliphatic carbocycles. The Morgan fingerprint density at radius 3 is 3.06 bits per heavy atom. The van der Waals surface area contributed by atoms with Crippen LogP contribution in [0.3, 0.4) is 0 Å². The Balaban J connectivity index is 2.03. The SMILES string of the molecule is O=C(NCCO)c1nc(C2CC2)n2ccccc12. The minimum Gasteiger partial charge on any atom is -0.395 e. The van der Waals surface area contributed by atoms with Crippen molar-refractivity contribution in [2.24, 2.45) is 0 Å². The molecule has 94 valence electrons. The highest BCUT2D eigenvalue weighted by Gasteiger charge is 2.30. The maximum Gasteiger partial charge on any atom is 0.272 e. The van der Waals surface area contributed by atoms with Crippen molar-refractivity contribution in [2.45, 2.75) is 18.8 Å². The summed E-state index contributed by atoms with van der Waals surface area (Å²) in [5, 5.41) is 11.4. The zero-order valence-corrected chi connectivity index (χ0v) is 9.97. The standard InChI is InChI=1S/C13H15N3O2/c17-8-6-14-13(18)11-10-3-1-2-7-16(10)12(15-11)9-4-5-9/h1-3,7,9,17H,4-6,8H2,(H,14,18). The zero-order chi connectivity index (χ0) is 12.5. The third-order valence-electron chi connectivity index (χ3n) is 3.13. The summed E-state index contributed by atoms with van der Waals surface area (Å²) >= 11 is 0. The second kappa shape index (κ2) is 4.42. The second-order valence-corrected chi connectivity index (χ2v) is 4.53. The molecule has 0 bridgehead atoms. The van der Waals surface area contributed by atoms with Crippen molar-refractivity contribution in [3.05, 3.63) is 35.9 Å². The van der Waals surface area contributed by atoms with Gasteiger partial charge in [0.05, 0.1) is 12.1 Å². The summed E-state index contributed by atoms with van der Waals surface area (Å²) in [7, 11) is 0. The lowest BCUT2D eigenvalue weighted by Crippen LogP contribution is -2.26. The van der Waals surface area contributed by atoms with Crippen LogP contribution in [-0.2, 0) is 0 Å². The number of imidazole rings is 1. The summed E-state index contributed by atoms with van der Waals surface area (Å²) in [6.45, 7) is 0.191. The van der Waals surface area contributed by atoms with Gasteiger partial charge in [-0.1, -0.05) is 6.07 Å². The number of rotatable bonds is 4. The largest absolute Gasteiger partial charge is 0.395 e. The average Bonchev–Trinajstić information content (AvgIpc) is 3.17. The van der Waals surface area contributed by atoms with Gasteiger partial charge in [0.2, 0.25) is 0 Å². The molecule has 0 aromatic carbocycles. The van der Waals surface area contributed by atoms with Gasteiger partial charge in [0.25, 0.3) is 5.91 Å². The minimum atomic E-state index is -0.223. The van der Waals surface area contributed by atoms with Crippen LogP contribution in [0.1, 0.15) is 35.1 Å². The molecule has 0 unspecified atom stereocenters. The van der Waals surface area contributed by atoms with Crippen LogP contribution >= 0.6 is 0 Å². The molecular formula is C13H15N3O2. The first-order valence-electron chi connectivity index (χ1n) is 6.17. The second-order valence-electron chi connectivity index (χ2n) is 4.53. The van der Waals surface area contributed by atoms with Gasteiger partial charge in [-0.15, -0.1) is 0 Å². The molecule has 3 rings (SSSR count). The summed E-state index contributed by atoms with van der Waals surface area (Å²) < 4.78 is 1.99. The molecule has 2 heterocycles. The van der Waals surface area contributed by atoms with E-state index >= 15 is 0 Å². The number of amides is 1. The fourth-order valence-corrected chi connectivity index (χ4v) is 2.11. The van der Waals surface area contributed by atoms with Crippen LogP contribution in [0.4, 0.5) is 0 Å². The number of nitrogens with zero attached hydrogens (tertiary/aromatic N) is 2. The summed E-state index contributed by atoms with van der Waals surface area (Å²) in [5.74, 6) is 1.23. The molecule has 1 amide bonds. The van der Waals surface area contributed by atoms with E-state index in [1.54, 1.807) is 0 Å². The van der Waals surface area contributed by atoms with Crippen molar-refractivity contribution in [1.82, 2.24) is 14.7 Å². The van der Waals surface area contributed by atoms with Gasteiger partial charge in [-0.05, 0) is 25.0 Å². The van der Waals surface area contributed by atoms with E-state index in [9.17, 15) is 4.79 Å². The summed E-state index contributed by atoms with van der Waals surface area (Å²) in [6, 6.07) is 5.74. The Bertz CT molecular complexity index is 587. The highest BCUT2D eigenvalue weighted by molar-refractivity contribution is 5.99. The normalized spacial score (nSPS) is 14.9. The fourth-order valence-electron chi connectivity index (χ4n) is 2.11. The summed E-state index contributed by atoms with van der Waals surface area (Å²) in [4.78, 5) is 16.4.